The van der Waals surface area contributed by atoms with Crippen molar-refractivity contribution >= 4 is 23.7 Å². The summed E-state index contributed by atoms with van der Waals surface area (Å²) in [6, 6.07) is 22.6. The molecular weight excluding hydrogens is 444 g/mol. The molecule has 180 valence electrons. The van der Waals surface area contributed by atoms with E-state index in [1.807, 2.05) is 24.3 Å². The molecule has 1 aliphatic rings. The minimum atomic E-state index is -0.953. The van der Waals surface area contributed by atoms with Gasteiger partial charge in [0.25, 0.3) is 5.91 Å². The number of carbonyl (C=O) groups excluding carboxylic acids is 2. The molecule has 0 heterocycles. The van der Waals surface area contributed by atoms with Gasteiger partial charge in [-0.25, -0.2) is 4.79 Å². The molecule has 1 aliphatic carbocycles. The van der Waals surface area contributed by atoms with E-state index in [4.69, 9.17) is 4.74 Å². The molecule has 0 saturated carbocycles. The summed E-state index contributed by atoms with van der Waals surface area (Å²) >= 11 is 0. The summed E-state index contributed by atoms with van der Waals surface area (Å²) in [4.78, 5) is 36.4. The molecule has 0 aliphatic heterocycles. The highest BCUT2D eigenvalue weighted by Gasteiger charge is 2.29. The van der Waals surface area contributed by atoms with Crippen molar-refractivity contribution in [1.82, 2.24) is 5.32 Å². The molecule has 0 aromatic heterocycles. The Balaban J connectivity index is 1.37. The zero-order valence-corrected chi connectivity index (χ0v) is 19.7. The molecule has 7 heteroatoms. The number of carboxylic acids is 1. The summed E-state index contributed by atoms with van der Waals surface area (Å²) in [6.07, 6.45) is -0.616. The van der Waals surface area contributed by atoms with Crippen molar-refractivity contribution in [2.75, 3.05) is 18.5 Å². The number of benzene rings is 3. The molecule has 0 saturated heterocycles. The van der Waals surface area contributed by atoms with Crippen LogP contribution in [0.25, 0.3) is 11.1 Å². The van der Waals surface area contributed by atoms with Crippen molar-refractivity contribution in [3.05, 3.63) is 89.5 Å². The van der Waals surface area contributed by atoms with E-state index in [1.54, 1.807) is 32.0 Å². The fraction of sp³-hybridized carbons (Fsp3) is 0.250. The van der Waals surface area contributed by atoms with Gasteiger partial charge in [-0.15, -0.1) is 0 Å². The standard InChI is InChI=1S/C28H28N2O5/c1-17(2)24(27(32)33)15-29-26(31)18-8-7-9-19(14-18)30-28(34)35-16-25-22-12-5-3-10-20(22)21-11-4-6-13-23(21)25/h3-14,17,24-25H,15-16H2,1-2H3,(H,29,31)(H,30,34)(H,32,33). The Hall–Kier alpha value is -4.13. The van der Waals surface area contributed by atoms with E-state index in [9.17, 15) is 19.5 Å². The highest BCUT2D eigenvalue weighted by Crippen LogP contribution is 2.44. The maximum absolute atomic E-state index is 12.5. The second-order valence-electron chi connectivity index (χ2n) is 8.93. The van der Waals surface area contributed by atoms with Gasteiger partial charge in [0.2, 0.25) is 0 Å². The van der Waals surface area contributed by atoms with Crippen molar-refractivity contribution in [2.45, 2.75) is 19.8 Å². The minimum Gasteiger partial charge on any atom is -0.481 e. The molecule has 2 amide bonds. The third kappa shape index (κ3) is 5.35. The summed E-state index contributed by atoms with van der Waals surface area (Å²) < 4.78 is 5.56. The first-order chi connectivity index (χ1) is 16.8. The first-order valence-corrected chi connectivity index (χ1v) is 11.6. The van der Waals surface area contributed by atoms with Gasteiger partial charge in [-0.2, -0.15) is 0 Å². The average Bonchev–Trinajstić information content (AvgIpc) is 3.16. The predicted octanol–water partition coefficient (Wildman–Crippen LogP) is 5.13. The SMILES string of the molecule is CC(C)C(CNC(=O)c1cccc(NC(=O)OCC2c3ccccc3-c3ccccc32)c1)C(=O)O. The number of carboxylic acid groups (broad SMARTS) is 1. The van der Waals surface area contributed by atoms with Crippen LogP contribution in [0.5, 0.6) is 0 Å². The van der Waals surface area contributed by atoms with Crippen LogP contribution in [0.3, 0.4) is 0 Å². The minimum absolute atomic E-state index is 0.0237. The Morgan fingerprint density at radius 3 is 2.14 bits per heavy atom. The van der Waals surface area contributed by atoms with E-state index in [1.165, 1.54) is 6.07 Å². The first-order valence-electron chi connectivity index (χ1n) is 11.6. The lowest BCUT2D eigenvalue weighted by atomic mass is 9.96. The Morgan fingerprint density at radius 2 is 1.54 bits per heavy atom. The molecular formula is C28H28N2O5. The number of ether oxygens (including phenoxy) is 1. The lowest BCUT2D eigenvalue weighted by Gasteiger charge is -2.17. The van der Waals surface area contributed by atoms with Crippen LogP contribution in [-0.4, -0.2) is 36.2 Å². The van der Waals surface area contributed by atoms with E-state index in [0.29, 0.717) is 11.3 Å². The molecule has 3 aromatic carbocycles. The number of fused-ring (bicyclic) bond motifs is 3. The van der Waals surface area contributed by atoms with Gasteiger partial charge in [0.05, 0.1) is 5.92 Å². The van der Waals surface area contributed by atoms with Crippen molar-refractivity contribution in [1.29, 1.82) is 0 Å². The maximum Gasteiger partial charge on any atom is 0.411 e. The molecule has 1 unspecified atom stereocenters. The largest absolute Gasteiger partial charge is 0.481 e. The van der Waals surface area contributed by atoms with Crippen LogP contribution >= 0.6 is 0 Å². The smallest absolute Gasteiger partial charge is 0.411 e. The van der Waals surface area contributed by atoms with Crippen LogP contribution in [0.15, 0.2) is 72.8 Å². The fourth-order valence-corrected chi connectivity index (χ4v) is 4.40. The van der Waals surface area contributed by atoms with Gasteiger partial charge >= 0.3 is 12.1 Å². The molecule has 4 rings (SSSR count). The normalized spacial score (nSPS) is 13.0. The topological polar surface area (TPSA) is 105 Å². The summed E-state index contributed by atoms with van der Waals surface area (Å²) in [5.41, 5.74) is 5.28. The predicted molar refractivity (Wildman–Crippen MR) is 133 cm³/mol. The highest BCUT2D eigenvalue weighted by atomic mass is 16.5. The second kappa shape index (κ2) is 10.4. The number of carbonyl (C=O) groups is 3. The number of hydrogen-bond acceptors (Lipinski definition) is 4. The summed E-state index contributed by atoms with van der Waals surface area (Å²) in [6.45, 7) is 3.80. The van der Waals surface area contributed by atoms with Crippen LogP contribution in [0.1, 0.15) is 41.3 Å². The van der Waals surface area contributed by atoms with Crippen molar-refractivity contribution in [2.24, 2.45) is 11.8 Å². The Bertz CT molecular complexity index is 1210. The maximum atomic E-state index is 12.5. The molecule has 0 bridgehead atoms. The van der Waals surface area contributed by atoms with Crippen LogP contribution in [0.4, 0.5) is 10.5 Å². The van der Waals surface area contributed by atoms with Gasteiger partial charge in [0.15, 0.2) is 0 Å². The molecule has 0 spiro atoms. The monoisotopic (exact) mass is 472 g/mol. The number of anilines is 1. The average molecular weight is 473 g/mol. The Morgan fingerprint density at radius 1 is 0.914 bits per heavy atom. The third-order valence-corrected chi connectivity index (χ3v) is 6.32. The van der Waals surface area contributed by atoms with Gasteiger partial charge in [0, 0.05) is 23.7 Å². The van der Waals surface area contributed by atoms with Crippen molar-refractivity contribution in [3.63, 3.8) is 0 Å². The molecule has 35 heavy (non-hydrogen) atoms. The quantitative estimate of drug-likeness (QED) is 0.421. The van der Waals surface area contributed by atoms with Gasteiger partial charge in [0.1, 0.15) is 6.61 Å². The molecule has 7 nitrogen and oxygen atoms in total. The Kier molecular flexibility index (Phi) is 7.15. The summed E-state index contributed by atoms with van der Waals surface area (Å²) in [5.74, 6) is -2.21. The summed E-state index contributed by atoms with van der Waals surface area (Å²) in [7, 11) is 0. The highest BCUT2D eigenvalue weighted by molar-refractivity contribution is 5.96. The Labute approximate surface area is 204 Å². The van der Waals surface area contributed by atoms with Gasteiger partial charge in [-0.1, -0.05) is 68.4 Å². The zero-order chi connectivity index (χ0) is 24.9. The lowest BCUT2D eigenvalue weighted by molar-refractivity contribution is -0.142. The second-order valence-corrected chi connectivity index (χ2v) is 8.93. The van der Waals surface area contributed by atoms with E-state index >= 15 is 0 Å². The van der Waals surface area contributed by atoms with E-state index < -0.39 is 23.9 Å². The number of hydrogen-bond donors (Lipinski definition) is 3. The number of aliphatic carboxylic acids is 1. The van der Waals surface area contributed by atoms with Gasteiger partial charge < -0.3 is 15.2 Å². The molecule has 0 fully saturated rings. The number of rotatable bonds is 8. The van der Waals surface area contributed by atoms with Crippen LogP contribution in [0.2, 0.25) is 0 Å². The summed E-state index contributed by atoms with van der Waals surface area (Å²) in [5, 5.41) is 14.6. The molecule has 1 atom stereocenters. The number of nitrogens with one attached hydrogen (secondary N) is 2. The van der Waals surface area contributed by atoms with Gasteiger partial charge in [-0.05, 0) is 46.4 Å². The first kappa shape index (κ1) is 24.0. The van der Waals surface area contributed by atoms with E-state index in [0.717, 1.165) is 22.3 Å². The molecule has 3 aromatic rings. The van der Waals surface area contributed by atoms with Crippen molar-refractivity contribution in [3.8, 4) is 11.1 Å². The number of amides is 2. The molecule has 3 N–H and O–H groups in total. The zero-order valence-electron chi connectivity index (χ0n) is 19.7. The van der Waals surface area contributed by atoms with E-state index in [-0.39, 0.29) is 25.0 Å². The van der Waals surface area contributed by atoms with Crippen LogP contribution < -0.4 is 10.6 Å². The van der Waals surface area contributed by atoms with Gasteiger partial charge in [-0.3, -0.25) is 14.9 Å². The fourth-order valence-electron chi connectivity index (χ4n) is 4.40. The molecule has 0 radical (unpaired) electrons. The van der Waals surface area contributed by atoms with E-state index in [2.05, 4.69) is 34.9 Å². The third-order valence-electron chi connectivity index (χ3n) is 6.32. The van der Waals surface area contributed by atoms with Crippen molar-refractivity contribution < 1.29 is 24.2 Å². The van der Waals surface area contributed by atoms with Crippen LogP contribution in [-0.2, 0) is 9.53 Å². The van der Waals surface area contributed by atoms with Crippen LogP contribution in [0, 0.1) is 11.8 Å². The lowest BCUT2D eigenvalue weighted by Crippen LogP contribution is -2.35.